The highest BCUT2D eigenvalue weighted by Gasteiger charge is 2.25. The number of piperidine rings is 1. The molecule has 0 unspecified atom stereocenters. The Labute approximate surface area is 148 Å². The predicted octanol–water partition coefficient (Wildman–Crippen LogP) is 4.24. The number of carbonyl (C=O) groups excluding carboxylic acids is 1. The van der Waals surface area contributed by atoms with Crippen molar-refractivity contribution in [2.45, 2.75) is 32.7 Å². The maximum atomic E-state index is 13.0. The Balaban J connectivity index is 1.51. The first-order valence-corrected chi connectivity index (χ1v) is 9.01. The zero-order valence-corrected chi connectivity index (χ0v) is 14.7. The number of nitrogens with zero attached hydrogens (tertiary/aromatic N) is 1. The number of aryl methyl sites for hydroxylation is 1. The van der Waals surface area contributed by atoms with Gasteiger partial charge in [-0.3, -0.25) is 9.69 Å². The third-order valence-electron chi connectivity index (χ3n) is 4.93. The molecule has 3 rings (SSSR count). The van der Waals surface area contributed by atoms with Gasteiger partial charge in [-0.15, -0.1) is 0 Å². The van der Waals surface area contributed by atoms with Crippen molar-refractivity contribution >= 4 is 11.6 Å². The average Bonchev–Trinajstić information content (AvgIpc) is 2.64. The molecular formula is C21H25FN2O. The summed E-state index contributed by atoms with van der Waals surface area (Å²) >= 11 is 0. The van der Waals surface area contributed by atoms with Gasteiger partial charge in [0.15, 0.2) is 0 Å². The molecule has 0 aromatic heterocycles. The molecule has 1 aliphatic rings. The summed E-state index contributed by atoms with van der Waals surface area (Å²) in [6.07, 6.45) is 2.63. The fourth-order valence-corrected chi connectivity index (χ4v) is 3.39. The molecule has 2 aromatic carbocycles. The highest BCUT2D eigenvalue weighted by molar-refractivity contribution is 5.93. The second-order valence-corrected chi connectivity index (χ2v) is 6.68. The molecule has 1 heterocycles. The summed E-state index contributed by atoms with van der Waals surface area (Å²) in [5.74, 6) is -0.0109. The maximum Gasteiger partial charge on any atom is 0.227 e. The molecule has 0 bridgehead atoms. The van der Waals surface area contributed by atoms with E-state index in [1.807, 2.05) is 30.3 Å². The highest BCUT2D eigenvalue weighted by atomic mass is 19.1. The lowest BCUT2D eigenvalue weighted by atomic mass is 9.95. The van der Waals surface area contributed by atoms with Gasteiger partial charge in [-0.1, -0.05) is 37.3 Å². The molecule has 0 saturated carbocycles. The van der Waals surface area contributed by atoms with Gasteiger partial charge in [-0.2, -0.15) is 0 Å². The SMILES string of the molecule is CCc1ccccc1NC(=O)C1CCN(Cc2ccc(F)cc2)CC1. The fraction of sp³-hybridized carbons (Fsp3) is 0.381. The topological polar surface area (TPSA) is 32.3 Å². The summed E-state index contributed by atoms with van der Waals surface area (Å²) in [6.45, 7) is 4.70. The van der Waals surface area contributed by atoms with E-state index in [0.29, 0.717) is 0 Å². The summed E-state index contributed by atoms with van der Waals surface area (Å²) in [7, 11) is 0. The monoisotopic (exact) mass is 340 g/mol. The van der Waals surface area contributed by atoms with Crippen molar-refractivity contribution in [3.05, 3.63) is 65.5 Å². The van der Waals surface area contributed by atoms with Gasteiger partial charge in [-0.25, -0.2) is 4.39 Å². The number of halogens is 1. The van der Waals surface area contributed by atoms with Crippen LogP contribution in [0.25, 0.3) is 0 Å². The molecule has 1 amide bonds. The van der Waals surface area contributed by atoms with E-state index in [-0.39, 0.29) is 17.6 Å². The van der Waals surface area contributed by atoms with Crippen LogP contribution < -0.4 is 5.32 Å². The van der Waals surface area contributed by atoms with E-state index in [1.54, 1.807) is 0 Å². The lowest BCUT2D eigenvalue weighted by Gasteiger charge is -2.31. The minimum absolute atomic E-state index is 0.0642. The largest absolute Gasteiger partial charge is 0.326 e. The molecule has 2 aromatic rings. The third-order valence-corrected chi connectivity index (χ3v) is 4.93. The second-order valence-electron chi connectivity index (χ2n) is 6.68. The van der Waals surface area contributed by atoms with E-state index in [1.165, 1.54) is 17.7 Å². The molecule has 0 radical (unpaired) electrons. The number of para-hydroxylation sites is 1. The number of nitrogens with one attached hydrogen (secondary N) is 1. The highest BCUT2D eigenvalue weighted by Crippen LogP contribution is 2.22. The number of hydrogen-bond acceptors (Lipinski definition) is 2. The van der Waals surface area contributed by atoms with Crippen molar-refractivity contribution in [3.8, 4) is 0 Å². The standard InChI is InChI=1S/C21H25FN2O/c1-2-17-5-3-4-6-20(17)23-21(25)18-11-13-24(14-12-18)15-16-7-9-19(22)10-8-16/h3-10,18H,2,11-15H2,1H3,(H,23,25). The molecule has 1 saturated heterocycles. The number of amides is 1. The summed E-state index contributed by atoms with van der Waals surface area (Å²) in [5, 5.41) is 3.10. The van der Waals surface area contributed by atoms with Gasteiger partial charge in [0, 0.05) is 18.2 Å². The van der Waals surface area contributed by atoms with Crippen molar-refractivity contribution in [1.82, 2.24) is 4.90 Å². The molecule has 0 atom stereocenters. The van der Waals surface area contributed by atoms with Gasteiger partial charge in [0.25, 0.3) is 0 Å². The Kier molecular flexibility index (Phi) is 5.82. The Morgan fingerprint density at radius 3 is 2.48 bits per heavy atom. The van der Waals surface area contributed by atoms with E-state index in [0.717, 1.165) is 50.1 Å². The molecule has 0 spiro atoms. The number of carbonyl (C=O) groups is 1. The van der Waals surface area contributed by atoms with Crippen LogP contribution in [0.5, 0.6) is 0 Å². The Morgan fingerprint density at radius 2 is 1.80 bits per heavy atom. The van der Waals surface area contributed by atoms with Crippen LogP contribution in [0.2, 0.25) is 0 Å². The minimum Gasteiger partial charge on any atom is -0.326 e. The summed E-state index contributed by atoms with van der Waals surface area (Å²) in [4.78, 5) is 14.9. The fourth-order valence-electron chi connectivity index (χ4n) is 3.39. The van der Waals surface area contributed by atoms with Gasteiger partial charge < -0.3 is 5.32 Å². The van der Waals surface area contributed by atoms with E-state index in [2.05, 4.69) is 23.2 Å². The van der Waals surface area contributed by atoms with Gasteiger partial charge in [0.2, 0.25) is 5.91 Å². The van der Waals surface area contributed by atoms with Crippen LogP contribution >= 0.6 is 0 Å². The normalized spacial score (nSPS) is 15.9. The molecule has 3 nitrogen and oxygen atoms in total. The lowest BCUT2D eigenvalue weighted by Crippen LogP contribution is -2.37. The molecule has 25 heavy (non-hydrogen) atoms. The van der Waals surface area contributed by atoms with E-state index >= 15 is 0 Å². The number of benzene rings is 2. The summed E-state index contributed by atoms with van der Waals surface area (Å²) < 4.78 is 13.0. The maximum absolute atomic E-state index is 13.0. The number of likely N-dealkylation sites (tertiary alicyclic amines) is 1. The molecule has 1 fully saturated rings. The Morgan fingerprint density at radius 1 is 1.12 bits per heavy atom. The van der Waals surface area contributed by atoms with E-state index in [9.17, 15) is 9.18 Å². The zero-order valence-electron chi connectivity index (χ0n) is 14.7. The van der Waals surface area contributed by atoms with Crippen LogP contribution in [0.1, 0.15) is 30.9 Å². The van der Waals surface area contributed by atoms with Crippen molar-refractivity contribution in [3.63, 3.8) is 0 Å². The molecule has 0 aliphatic carbocycles. The molecule has 4 heteroatoms. The van der Waals surface area contributed by atoms with Crippen molar-refractivity contribution in [2.24, 2.45) is 5.92 Å². The first-order valence-electron chi connectivity index (χ1n) is 9.01. The van der Waals surface area contributed by atoms with Crippen molar-refractivity contribution < 1.29 is 9.18 Å². The summed E-state index contributed by atoms with van der Waals surface area (Å²) in [6, 6.07) is 14.6. The first-order chi connectivity index (χ1) is 12.2. The van der Waals surface area contributed by atoms with Crippen molar-refractivity contribution in [1.29, 1.82) is 0 Å². The Hall–Kier alpha value is -2.20. The van der Waals surface area contributed by atoms with Crippen LogP contribution in [0.3, 0.4) is 0 Å². The Bertz CT molecular complexity index is 706. The van der Waals surface area contributed by atoms with Gasteiger partial charge in [0.1, 0.15) is 5.82 Å². The van der Waals surface area contributed by atoms with Crippen LogP contribution in [0, 0.1) is 11.7 Å². The van der Waals surface area contributed by atoms with Crippen LogP contribution in [0.15, 0.2) is 48.5 Å². The molecule has 1 aliphatic heterocycles. The number of hydrogen-bond donors (Lipinski definition) is 1. The van der Waals surface area contributed by atoms with Crippen LogP contribution in [-0.2, 0) is 17.8 Å². The predicted molar refractivity (Wildman–Crippen MR) is 98.9 cm³/mol. The zero-order chi connectivity index (χ0) is 17.6. The first kappa shape index (κ1) is 17.6. The minimum atomic E-state index is -0.202. The number of rotatable bonds is 5. The van der Waals surface area contributed by atoms with Gasteiger partial charge in [0.05, 0.1) is 0 Å². The number of anilines is 1. The molecule has 132 valence electrons. The summed E-state index contributed by atoms with van der Waals surface area (Å²) in [5.41, 5.74) is 3.22. The quantitative estimate of drug-likeness (QED) is 0.883. The smallest absolute Gasteiger partial charge is 0.227 e. The van der Waals surface area contributed by atoms with Crippen molar-refractivity contribution in [2.75, 3.05) is 18.4 Å². The van der Waals surface area contributed by atoms with Crippen LogP contribution in [-0.4, -0.2) is 23.9 Å². The molecular weight excluding hydrogens is 315 g/mol. The third kappa shape index (κ3) is 4.67. The van der Waals surface area contributed by atoms with Crippen LogP contribution in [0.4, 0.5) is 10.1 Å². The van der Waals surface area contributed by atoms with Gasteiger partial charge >= 0.3 is 0 Å². The van der Waals surface area contributed by atoms with Gasteiger partial charge in [-0.05, 0) is 61.7 Å². The second kappa shape index (κ2) is 8.26. The van der Waals surface area contributed by atoms with E-state index < -0.39 is 0 Å². The lowest BCUT2D eigenvalue weighted by molar-refractivity contribution is -0.121. The van der Waals surface area contributed by atoms with E-state index in [4.69, 9.17) is 0 Å². The molecule has 1 N–H and O–H groups in total. The average molecular weight is 340 g/mol.